The number of carbonyl (C=O) groups excluding carboxylic acids is 3. The minimum absolute atomic E-state index is 0.0247. The summed E-state index contributed by atoms with van der Waals surface area (Å²) < 4.78 is 49.1. The number of carbonyl (C=O) groups is 3. The van der Waals surface area contributed by atoms with Gasteiger partial charge in [0.05, 0.1) is 136 Å². The molecule has 1 atom stereocenters. The first kappa shape index (κ1) is 54.1. The molecule has 376 valence electrons. The number of amides is 3. The quantitative estimate of drug-likeness (QED) is 0.0702. The fourth-order valence-electron chi connectivity index (χ4n) is 7.28. The Hall–Kier alpha value is -4.83. The summed E-state index contributed by atoms with van der Waals surface area (Å²) in [6.45, 7) is 15.3. The minimum Gasteiger partial charge on any atom is -0.444 e. The van der Waals surface area contributed by atoms with Gasteiger partial charge in [-0.1, -0.05) is 30.3 Å². The van der Waals surface area contributed by atoms with Crippen molar-refractivity contribution in [1.82, 2.24) is 15.3 Å². The van der Waals surface area contributed by atoms with Gasteiger partial charge in [0.2, 0.25) is 17.8 Å². The number of aliphatic hydroxyl groups excluding tert-OH is 1. The average Bonchev–Trinajstić information content (AvgIpc) is 4.17. The molecule has 1 aromatic heterocycles. The van der Waals surface area contributed by atoms with Crippen LogP contribution in [0.15, 0.2) is 54.9 Å². The van der Waals surface area contributed by atoms with E-state index in [2.05, 4.69) is 31.6 Å². The van der Waals surface area contributed by atoms with Gasteiger partial charge in [0, 0.05) is 44.5 Å². The van der Waals surface area contributed by atoms with Crippen molar-refractivity contribution in [3.63, 3.8) is 0 Å². The second kappa shape index (κ2) is 29.9. The van der Waals surface area contributed by atoms with Crippen LogP contribution in [0.3, 0.4) is 0 Å². The Morgan fingerprint density at radius 1 is 0.676 bits per heavy atom. The lowest BCUT2D eigenvalue weighted by Crippen LogP contribution is -2.52. The third-order valence-electron chi connectivity index (χ3n) is 10.7. The first-order valence-electron chi connectivity index (χ1n) is 23.6. The zero-order valence-electron chi connectivity index (χ0n) is 40.2. The molecule has 1 fully saturated rings. The van der Waals surface area contributed by atoms with E-state index in [9.17, 15) is 19.5 Å². The van der Waals surface area contributed by atoms with Crippen LogP contribution in [0, 0.1) is 5.92 Å². The van der Waals surface area contributed by atoms with E-state index in [0.717, 1.165) is 46.5 Å². The van der Waals surface area contributed by atoms with E-state index >= 15 is 0 Å². The number of fused-ring (bicyclic) bond motifs is 1. The first-order valence-corrected chi connectivity index (χ1v) is 23.6. The standard InChI is InChI=1S/C49H72N6O13/c1-37(57)55-43-12-11-39(31-44(43)54(35-45(55)38-9-10-38)34-40-7-5-6-8-41(40)36-56)42-32-51-47(52-33-42)53-46(58)13-15-60-17-19-62-21-23-64-25-27-66-29-30-67-28-26-65-24-22-63-20-18-61-16-14-50-48(59)68-49(2,3)4/h5-8,11-12,31-33,38,45,56H,9-10,13-30,34-36H2,1-4H3,(H,50,59)(H,51,52,53,58)/t45-/m1/s1. The van der Waals surface area contributed by atoms with Crippen LogP contribution in [0.25, 0.3) is 11.1 Å². The van der Waals surface area contributed by atoms with Gasteiger partial charge >= 0.3 is 6.09 Å². The normalized spacial score (nSPS) is 14.8. The number of hydrogen-bond acceptors (Lipinski definition) is 16. The van der Waals surface area contributed by atoms with Crippen LogP contribution < -0.4 is 20.4 Å². The molecule has 3 aromatic rings. The first-order chi connectivity index (χ1) is 33.0. The number of aliphatic hydroxyl groups is 1. The summed E-state index contributed by atoms with van der Waals surface area (Å²) >= 11 is 0. The van der Waals surface area contributed by atoms with E-state index in [0.29, 0.717) is 125 Å². The highest BCUT2D eigenvalue weighted by molar-refractivity contribution is 5.98. The number of rotatable bonds is 33. The van der Waals surface area contributed by atoms with Crippen molar-refractivity contribution in [1.29, 1.82) is 0 Å². The number of ether oxygens (including phenoxy) is 9. The summed E-state index contributed by atoms with van der Waals surface area (Å²) in [4.78, 5) is 50.2. The maximum atomic E-state index is 13.0. The largest absolute Gasteiger partial charge is 0.444 e. The van der Waals surface area contributed by atoms with Gasteiger partial charge in [-0.25, -0.2) is 14.8 Å². The van der Waals surface area contributed by atoms with Crippen molar-refractivity contribution in [2.45, 2.75) is 71.8 Å². The van der Waals surface area contributed by atoms with E-state index in [1.165, 1.54) is 0 Å². The third-order valence-corrected chi connectivity index (χ3v) is 10.7. The molecule has 5 rings (SSSR count). The maximum absolute atomic E-state index is 13.0. The fraction of sp³-hybridized carbons (Fsp3) is 0.612. The van der Waals surface area contributed by atoms with Crippen LogP contribution in [0.1, 0.15) is 58.1 Å². The highest BCUT2D eigenvalue weighted by Crippen LogP contribution is 2.45. The molecule has 0 spiro atoms. The van der Waals surface area contributed by atoms with E-state index in [1.54, 1.807) is 19.3 Å². The number of nitrogens with zero attached hydrogens (tertiary/aromatic N) is 4. The second-order valence-corrected chi connectivity index (χ2v) is 17.2. The van der Waals surface area contributed by atoms with Crippen molar-refractivity contribution >= 4 is 35.2 Å². The van der Waals surface area contributed by atoms with Crippen LogP contribution in [-0.4, -0.2) is 163 Å². The summed E-state index contributed by atoms with van der Waals surface area (Å²) in [6.07, 6.45) is 5.24. The monoisotopic (exact) mass is 953 g/mol. The second-order valence-electron chi connectivity index (χ2n) is 17.2. The lowest BCUT2D eigenvalue weighted by atomic mass is 9.98. The van der Waals surface area contributed by atoms with Crippen LogP contribution in [0.4, 0.5) is 22.1 Å². The summed E-state index contributed by atoms with van der Waals surface area (Å²) in [5, 5.41) is 15.4. The van der Waals surface area contributed by atoms with Gasteiger partial charge in [-0.05, 0) is 68.4 Å². The molecule has 3 amide bonds. The predicted octanol–water partition coefficient (Wildman–Crippen LogP) is 4.77. The van der Waals surface area contributed by atoms with Crippen molar-refractivity contribution in [2.24, 2.45) is 5.92 Å². The number of hydrogen-bond donors (Lipinski definition) is 3. The van der Waals surface area contributed by atoms with Gasteiger partial charge in [0.15, 0.2) is 0 Å². The lowest BCUT2D eigenvalue weighted by Gasteiger charge is -2.44. The van der Waals surface area contributed by atoms with Gasteiger partial charge in [0.1, 0.15) is 5.60 Å². The van der Waals surface area contributed by atoms with Crippen molar-refractivity contribution in [3.8, 4) is 11.1 Å². The SMILES string of the molecule is CC(=O)N1c2ccc(-c3cnc(NC(=O)CCOCCOCCOCCOCCOCCOCCOCCOCCNC(=O)OC(C)(C)C)nc3)cc2N(Cc2ccccc2CO)C[C@@H]1C1CC1. The third kappa shape index (κ3) is 20.0. The predicted molar refractivity (Wildman–Crippen MR) is 255 cm³/mol. The molecule has 2 aliphatic rings. The zero-order valence-corrected chi connectivity index (χ0v) is 40.2. The van der Waals surface area contributed by atoms with Crippen molar-refractivity contribution in [2.75, 3.05) is 134 Å². The van der Waals surface area contributed by atoms with Crippen LogP contribution in [-0.2, 0) is 65.4 Å². The molecule has 19 heteroatoms. The summed E-state index contributed by atoms with van der Waals surface area (Å²) in [5.74, 6) is 0.426. The molecule has 1 saturated carbocycles. The number of aromatic nitrogens is 2. The van der Waals surface area contributed by atoms with Crippen LogP contribution in [0.2, 0.25) is 0 Å². The Morgan fingerprint density at radius 2 is 1.19 bits per heavy atom. The highest BCUT2D eigenvalue weighted by atomic mass is 16.6. The number of benzene rings is 2. The smallest absolute Gasteiger partial charge is 0.407 e. The number of nitrogens with one attached hydrogen (secondary N) is 2. The Morgan fingerprint density at radius 3 is 1.69 bits per heavy atom. The van der Waals surface area contributed by atoms with Gasteiger partial charge in [-0.15, -0.1) is 0 Å². The number of alkyl carbamates (subject to hydrolysis) is 1. The van der Waals surface area contributed by atoms with Gasteiger partial charge < -0.3 is 62.9 Å². The molecule has 19 nitrogen and oxygen atoms in total. The van der Waals surface area contributed by atoms with Crippen LogP contribution >= 0.6 is 0 Å². The highest BCUT2D eigenvalue weighted by Gasteiger charge is 2.42. The fourth-order valence-corrected chi connectivity index (χ4v) is 7.28. The molecule has 1 aliphatic carbocycles. The molecule has 2 aromatic carbocycles. The van der Waals surface area contributed by atoms with Crippen molar-refractivity contribution in [3.05, 3.63) is 66.0 Å². The van der Waals surface area contributed by atoms with Crippen LogP contribution in [0.5, 0.6) is 0 Å². The topological polar surface area (TPSA) is 211 Å². The Kier molecular flexibility index (Phi) is 23.8. The van der Waals surface area contributed by atoms with Crippen molar-refractivity contribution < 1.29 is 62.1 Å². The molecule has 0 unspecified atom stereocenters. The number of anilines is 3. The molecule has 0 radical (unpaired) electrons. The Bertz CT molecular complexity index is 1950. The van der Waals surface area contributed by atoms with Gasteiger partial charge in [0.25, 0.3) is 0 Å². The molecular formula is C49H72N6O13. The maximum Gasteiger partial charge on any atom is 0.407 e. The average molecular weight is 953 g/mol. The molecule has 0 saturated heterocycles. The van der Waals surface area contributed by atoms with E-state index < -0.39 is 11.7 Å². The summed E-state index contributed by atoms with van der Waals surface area (Å²) in [6, 6.07) is 14.0. The summed E-state index contributed by atoms with van der Waals surface area (Å²) in [7, 11) is 0. The lowest BCUT2D eigenvalue weighted by molar-refractivity contribution is -0.118. The summed E-state index contributed by atoms with van der Waals surface area (Å²) in [5.41, 5.74) is 4.86. The molecule has 3 N–H and O–H groups in total. The van der Waals surface area contributed by atoms with Gasteiger partial charge in [-0.3, -0.25) is 14.9 Å². The van der Waals surface area contributed by atoms with Gasteiger partial charge in [-0.2, -0.15) is 0 Å². The molecule has 68 heavy (non-hydrogen) atoms. The molecule has 1 aliphatic heterocycles. The molecular weight excluding hydrogens is 881 g/mol. The van der Waals surface area contributed by atoms with E-state index in [4.69, 9.17) is 42.6 Å². The Labute approximate surface area is 400 Å². The molecule has 2 heterocycles. The Balaban J connectivity index is 0.836. The van der Waals surface area contributed by atoms with E-state index in [1.807, 2.05) is 62.1 Å². The zero-order chi connectivity index (χ0) is 48.4. The minimum atomic E-state index is -0.526. The molecule has 0 bridgehead atoms. The van der Waals surface area contributed by atoms with E-state index in [-0.39, 0.29) is 43.4 Å².